The first-order valence-corrected chi connectivity index (χ1v) is 12.2. The van der Waals surface area contributed by atoms with Gasteiger partial charge in [-0.2, -0.15) is 4.31 Å². The number of ether oxygens (including phenoxy) is 1. The van der Waals surface area contributed by atoms with Crippen molar-refractivity contribution >= 4 is 27.3 Å². The molecule has 0 aliphatic carbocycles. The van der Waals surface area contributed by atoms with Crippen molar-refractivity contribution in [1.82, 2.24) is 14.6 Å². The lowest BCUT2D eigenvalue weighted by Gasteiger charge is -2.34. The highest BCUT2D eigenvalue weighted by Gasteiger charge is 2.30. The van der Waals surface area contributed by atoms with Crippen molar-refractivity contribution in [3.05, 3.63) is 52.0 Å². The summed E-state index contributed by atoms with van der Waals surface area (Å²) in [5, 5.41) is 5.53. The summed E-state index contributed by atoms with van der Waals surface area (Å²) in [6, 6.07) is 10.0. The second kappa shape index (κ2) is 9.80. The summed E-state index contributed by atoms with van der Waals surface area (Å²) >= 11 is 1.53. The van der Waals surface area contributed by atoms with E-state index in [1.54, 1.807) is 0 Å². The van der Waals surface area contributed by atoms with Gasteiger partial charge in [-0.15, -0.1) is 11.3 Å². The molecule has 1 amide bonds. The highest BCUT2D eigenvalue weighted by Crippen LogP contribution is 2.16. The van der Waals surface area contributed by atoms with Gasteiger partial charge in [0.1, 0.15) is 0 Å². The predicted molar refractivity (Wildman–Crippen MR) is 113 cm³/mol. The number of benzene rings is 1. The molecule has 0 radical (unpaired) electrons. The summed E-state index contributed by atoms with van der Waals surface area (Å²) < 4.78 is 32.0. The number of aromatic nitrogens is 1. The van der Waals surface area contributed by atoms with Gasteiger partial charge in [0.2, 0.25) is 15.9 Å². The number of carbonyl (C=O) groups excluding carboxylic acids is 1. The van der Waals surface area contributed by atoms with E-state index in [0.717, 1.165) is 11.4 Å². The quantitative estimate of drug-likeness (QED) is 0.681. The van der Waals surface area contributed by atoms with Gasteiger partial charge in [-0.3, -0.25) is 4.79 Å². The molecule has 0 spiro atoms. The molecule has 1 aromatic carbocycles. The van der Waals surface area contributed by atoms with Crippen molar-refractivity contribution in [1.29, 1.82) is 0 Å². The Morgan fingerprint density at radius 1 is 1.24 bits per heavy atom. The maximum Gasteiger partial charge on any atom is 0.226 e. The number of nitrogens with zero attached hydrogens (tertiary/aromatic N) is 2. The summed E-state index contributed by atoms with van der Waals surface area (Å²) in [5.74, 6) is -0.338. The topological polar surface area (TPSA) is 88.6 Å². The second-order valence-electron chi connectivity index (χ2n) is 7.31. The number of hydrogen-bond donors (Lipinski definition) is 1. The molecular weight excluding hydrogens is 410 g/mol. The van der Waals surface area contributed by atoms with Crippen LogP contribution in [0.5, 0.6) is 0 Å². The molecule has 1 saturated heterocycles. The summed E-state index contributed by atoms with van der Waals surface area (Å²) in [6.07, 6.45) is 0.634. The molecule has 3 rings (SSSR count). The second-order valence-corrected chi connectivity index (χ2v) is 10.3. The van der Waals surface area contributed by atoms with Gasteiger partial charge in [-0.05, 0) is 19.4 Å². The number of hydrogen-bond acceptors (Lipinski definition) is 6. The normalized spacial score (nSPS) is 20.5. The maximum atomic E-state index is 12.5. The summed E-state index contributed by atoms with van der Waals surface area (Å²) in [4.78, 5) is 16.7. The van der Waals surface area contributed by atoms with Crippen molar-refractivity contribution in [3.63, 3.8) is 0 Å². The molecule has 1 aliphatic heterocycles. The van der Waals surface area contributed by atoms with Crippen molar-refractivity contribution in [2.75, 3.05) is 25.4 Å². The van der Waals surface area contributed by atoms with E-state index >= 15 is 0 Å². The first-order chi connectivity index (χ1) is 13.8. The van der Waals surface area contributed by atoms with Crippen molar-refractivity contribution in [2.45, 2.75) is 38.9 Å². The van der Waals surface area contributed by atoms with Crippen molar-refractivity contribution in [3.8, 4) is 0 Å². The van der Waals surface area contributed by atoms with Gasteiger partial charge in [0.15, 0.2) is 0 Å². The van der Waals surface area contributed by atoms with Gasteiger partial charge in [-0.25, -0.2) is 13.4 Å². The van der Waals surface area contributed by atoms with Crippen LogP contribution >= 0.6 is 11.3 Å². The third-order valence-electron chi connectivity index (χ3n) is 4.60. The number of amides is 1. The number of carbonyl (C=O) groups is 1. The molecule has 7 nitrogen and oxygen atoms in total. The number of sulfonamides is 1. The Bertz CT molecular complexity index is 905. The van der Waals surface area contributed by atoms with Crippen LogP contribution < -0.4 is 5.32 Å². The first kappa shape index (κ1) is 21.9. The van der Waals surface area contributed by atoms with Crippen LogP contribution in [0, 0.1) is 0 Å². The Morgan fingerprint density at radius 3 is 2.62 bits per heavy atom. The number of morpholine rings is 1. The number of thiazole rings is 1. The lowest BCUT2D eigenvalue weighted by molar-refractivity contribution is -0.120. The van der Waals surface area contributed by atoms with Crippen molar-refractivity contribution in [2.24, 2.45) is 0 Å². The molecule has 2 heterocycles. The molecule has 0 unspecified atom stereocenters. The van der Waals surface area contributed by atoms with Crippen LogP contribution in [0.25, 0.3) is 0 Å². The minimum absolute atomic E-state index is 0.0856. The van der Waals surface area contributed by atoms with Gasteiger partial charge >= 0.3 is 0 Å². The van der Waals surface area contributed by atoms with Gasteiger partial charge < -0.3 is 10.1 Å². The maximum absolute atomic E-state index is 12.5. The molecule has 9 heteroatoms. The molecule has 0 saturated carbocycles. The van der Waals surface area contributed by atoms with Crippen LogP contribution in [0.15, 0.2) is 35.7 Å². The van der Waals surface area contributed by atoms with Crippen LogP contribution in [-0.4, -0.2) is 61.2 Å². The first-order valence-electron chi connectivity index (χ1n) is 9.69. The molecule has 158 valence electrons. The molecule has 1 fully saturated rings. The molecule has 29 heavy (non-hydrogen) atoms. The summed E-state index contributed by atoms with van der Waals surface area (Å²) in [7, 11) is -3.42. The summed E-state index contributed by atoms with van der Waals surface area (Å²) in [5.41, 5.74) is 1.88. The summed E-state index contributed by atoms with van der Waals surface area (Å²) in [6.45, 7) is 4.51. The van der Waals surface area contributed by atoms with Gasteiger partial charge in [0.25, 0.3) is 0 Å². The van der Waals surface area contributed by atoms with E-state index < -0.39 is 10.0 Å². The van der Waals surface area contributed by atoms with E-state index in [0.29, 0.717) is 18.8 Å². The zero-order valence-corrected chi connectivity index (χ0v) is 18.3. The Hall–Kier alpha value is -1.81. The van der Waals surface area contributed by atoms with Crippen LogP contribution in [0.3, 0.4) is 0 Å². The Kier molecular flexibility index (Phi) is 7.39. The molecule has 1 N–H and O–H groups in total. The molecule has 0 bridgehead atoms. The zero-order valence-electron chi connectivity index (χ0n) is 16.7. The standard InChI is InChI=1S/C20H27N3O4S2/c1-15-12-23(13-16(2)27-15)29(25,26)9-8-21-19(24)11-18-14-28-20(22-18)10-17-6-4-3-5-7-17/h3-7,14-16H,8-13H2,1-2H3,(H,21,24)/t15-,16-/m1/s1. The van der Waals surface area contributed by atoms with E-state index in [-0.39, 0.29) is 36.8 Å². The smallest absolute Gasteiger partial charge is 0.226 e. The predicted octanol–water partition coefficient (Wildman–Crippen LogP) is 1.83. The molecular formula is C20H27N3O4S2. The zero-order chi connectivity index (χ0) is 20.9. The van der Waals surface area contributed by atoms with Gasteiger partial charge in [-0.1, -0.05) is 30.3 Å². The lowest BCUT2D eigenvalue weighted by Crippen LogP contribution is -2.49. The molecule has 1 aliphatic rings. The Labute approximate surface area is 176 Å². The monoisotopic (exact) mass is 437 g/mol. The average Bonchev–Trinajstić information content (AvgIpc) is 3.08. The van der Waals surface area contributed by atoms with Crippen molar-refractivity contribution < 1.29 is 17.9 Å². The minimum Gasteiger partial charge on any atom is -0.373 e. The third kappa shape index (κ3) is 6.60. The lowest BCUT2D eigenvalue weighted by atomic mass is 10.2. The molecule has 2 aromatic rings. The minimum atomic E-state index is -3.42. The van der Waals surface area contributed by atoms with Gasteiger partial charge in [0.05, 0.1) is 35.1 Å². The van der Waals surface area contributed by atoms with Gasteiger partial charge in [0, 0.05) is 31.4 Å². The Morgan fingerprint density at radius 2 is 1.93 bits per heavy atom. The van der Waals surface area contributed by atoms with Crippen LogP contribution in [0.2, 0.25) is 0 Å². The highest BCUT2D eigenvalue weighted by atomic mass is 32.2. The van der Waals surface area contributed by atoms with E-state index in [2.05, 4.69) is 10.3 Å². The average molecular weight is 438 g/mol. The largest absolute Gasteiger partial charge is 0.373 e. The number of rotatable bonds is 8. The SMILES string of the molecule is C[C@@H]1CN(S(=O)(=O)CCNC(=O)Cc2csc(Cc3ccccc3)n2)C[C@@H](C)O1. The highest BCUT2D eigenvalue weighted by molar-refractivity contribution is 7.89. The van der Waals surface area contributed by atoms with E-state index in [9.17, 15) is 13.2 Å². The van der Waals surface area contributed by atoms with Crippen LogP contribution in [0.1, 0.15) is 30.1 Å². The van der Waals surface area contributed by atoms with E-state index in [1.165, 1.54) is 21.2 Å². The third-order valence-corrected chi connectivity index (χ3v) is 7.30. The van der Waals surface area contributed by atoms with Crippen LogP contribution in [0.4, 0.5) is 0 Å². The van der Waals surface area contributed by atoms with E-state index in [1.807, 2.05) is 49.6 Å². The molecule has 2 atom stereocenters. The van der Waals surface area contributed by atoms with Crippen LogP contribution in [-0.2, 0) is 32.4 Å². The fourth-order valence-electron chi connectivity index (χ4n) is 3.32. The Balaban J connectivity index is 1.44. The molecule has 1 aromatic heterocycles. The van der Waals surface area contributed by atoms with E-state index in [4.69, 9.17) is 4.74 Å². The fraction of sp³-hybridized carbons (Fsp3) is 0.500. The number of nitrogens with one attached hydrogen (secondary N) is 1. The fourth-order valence-corrected chi connectivity index (χ4v) is 5.64.